The molecule has 0 aliphatic carbocycles. The van der Waals surface area contributed by atoms with Gasteiger partial charge < -0.3 is 20.3 Å². The van der Waals surface area contributed by atoms with Crippen molar-refractivity contribution in [2.75, 3.05) is 6.61 Å². The fraction of sp³-hybridized carbons (Fsp3) is 0.920. The Morgan fingerprint density at radius 2 is 0.857 bits per heavy atom. The Balaban J connectivity index is 4.41. The lowest BCUT2D eigenvalue weighted by Gasteiger charge is -2.24. The van der Waals surface area contributed by atoms with E-state index in [2.05, 4.69) is 38.2 Å². The lowest BCUT2D eigenvalue weighted by atomic mass is 10.0. The van der Waals surface area contributed by atoms with Gasteiger partial charge in [0.05, 0.1) is 25.2 Å². The van der Waals surface area contributed by atoms with E-state index < -0.39 is 18.2 Å². The van der Waals surface area contributed by atoms with Crippen LogP contribution in [-0.4, -0.2) is 46.9 Å². The summed E-state index contributed by atoms with van der Waals surface area (Å²) in [5.74, 6) is -0.482. The average Bonchev–Trinajstić information content (AvgIpc) is 3.19. The zero-order chi connectivity index (χ0) is 41.0. The number of amides is 1. The molecule has 1 amide bonds. The molecule has 3 unspecified atom stereocenters. The maximum atomic E-state index is 13.1. The first-order chi connectivity index (χ1) is 27.5. The zero-order valence-corrected chi connectivity index (χ0v) is 37.8. The van der Waals surface area contributed by atoms with Gasteiger partial charge in [-0.25, -0.2) is 0 Å². The van der Waals surface area contributed by atoms with Crippen LogP contribution in [0.2, 0.25) is 0 Å². The molecule has 0 spiro atoms. The number of carbonyl (C=O) groups excluding carboxylic acids is 2. The lowest BCUT2D eigenvalue weighted by molar-refractivity contribution is -0.151. The number of aliphatic hydroxyl groups is 2. The molecule has 0 aromatic heterocycles. The van der Waals surface area contributed by atoms with Gasteiger partial charge in [0.1, 0.15) is 6.10 Å². The minimum absolute atomic E-state index is 0.0773. The molecule has 0 heterocycles. The SMILES string of the molecule is CCCCCCCCC/C=C\CCCCCC(=O)OC(CCCCCCCCCC)CC(=O)NC(CO)C(O)CCCCCCCCCCCCCCCCC. The number of allylic oxidation sites excluding steroid dienone is 2. The Kier molecular flexibility index (Phi) is 43.6. The van der Waals surface area contributed by atoms with Gasteiger partial charge in [-0.3, -0.25) is 9.59 Å². The Hall–Kier alpha value is -1.40. The third-order valence-corrected chi connectivity index (χ3v) is 11.6. The molecule has 0 aromatic carbocycles. The van der Waals surface area contributed by atoms with E-state index in [1.54, 1.807) is 0 Å². The standard InChI is InChI=1S/C50H97NO5/c1-4-7-10-13-16-19-21-23-25-26-28-30-33-36-39-42-48(53)47(45-52)51-49(54)44-46(41-38-35-32-18-15-12-9-6-3)56-50(55)43-40-37-34-31-29-27-24-22-20-17-14-11-8-5-2/h27,29,46-48,52-53H,4-26,28,30-45H2,1-3H3,(H,51,54)/b29-27-. The van der Waals surface area contributed by atoms with Crippen molar-refractivity contribution in [3.63, 3.8) is 0 Å². The number of unbranched alkanes of at least 4 members (excludes halogenated alkanes) is 31. The highest BCUT2D eigenvalue weighted by Crippen LogP contribution is 2.18. The maximum Gasteiger partial charge on any atom is 0.306 e. The number of ether oxygens (including phenoxy) is 1. The van der Waals surface area contributed by atoms with E-state index in [1.165, 1.54) is 173 Å². The Morgan fingerprint density at radius 1 is 0.500 bits per heavy atom. The molecule has 0 rings (SSSR count). The van der Waals surface area contributed by atoms with E-state index >= 15 is 0 Å². The van der Waals surface area contributed by atoms with Crippen LogP contribution in [0.1, 0.15) is 271 Å². The number of aliphatic hydroxyl groups excluding tert-OH is 2. The van der Waals surface area contributed by atoms with Crippen LogP contribution in [0.25, 0.3) is 0 Å². The van der Waals surface area contributed by atoms with Gasteiger partial charge in [-0.1, -0.05) is 219 Å². The molecule has 6 heteroatoms. The van der Waals surface area contributed by atoms with Crippen molar-refractivity contribution in [1.29, 1.82) is 0 Å². The molecule has 56 heavy (non-hydrogen) atoms. The van der Waals surface area contributed by atoms with Crippen molar-refractivity contribution in [2.45, 2.75) is 289 Å². The van der Waals surface area contributed by atoms with Gasteiger partial charge in [0.25, 0.3) is 0 Å². The highest BCUT2D eigenvalue weighted by atomic mass is 16.5. The first kappa shape index (κ1) is 54.6. The molecule has 0 aliphatic heterocycles. The normalized spacial score (nSPS) is 13.3. The molecule has 0 radical (unpaired) electrons. The van der Waals surface area contributed by atoms with Gasteiger partial charge in [-0.2, -0.15) is 0 Å². The monoisotopic (exact) mass is 792 g/mol. The van der Waals surface area contributed by atoms with E-state index in [4.69, 9.17) is 4.74 Å². The van der Waals surface area contributed by atoms with E-state index in [0.717, 1.165) is 51.4 Å². The molecule has 0 fully saturated rings. The summed E-state index contributed by atoms with van der Waals surface area (Å²) in [5.41, 5.74) is 0. The van der Waals surface area contributed by atoms with E-state index in [-0.39, 0.29) is 24.9 Å². The van der Waals surface area contributed by atoms with Crippen LogP contribution < -0.4 is 5.32 Å². The summed E-state index contributed by atoms with van der Waals surface area (Å²) in [6, 6.07) is -0.696. The number of esters is 1. The third-order valence-electron chi connectivity index (χ3n) is 11.6. The van der Waals surface area contributed by atoms with Crippen LogP contribution in [0, 0.1) is 0 Å². The first-order valence-electron chi connectivity index (χ1n) is 24.9. The summed E-state index contributed by atoms with van der Waals surface area (Å²) in [6.45, 7) is 6.47. The van der Waals surface area contributed by atoms with Crippen LogP contribution in [0.15, 0.2) is 12.2 Å². The fourth-order valence-corrected chi connectivity index (χ4v) is 7.78. The van der Waals surface area contributed by atoms with Gasteiger partial charge >= 0.3 is 5.97 Å². The molecule has 0 aromatic rings. The summed E-state index contributed by atoms with van der Waals surface area (Å²) >= 11 is 0. The Bertz CT molecular complexity index is 847. The van der Waals surface area contributed by atoms with Gasteiger partial charge in [-0.15, -0.1) is 0 Å². The van der Waals surface area contributed by atoms with Crippen molar-refractivity contribution in [2.24, 2.45) is 0 Å². The van der Waals surface area contributed by atoms with Crippen LogP contribution in [0.3, 0.4) is 0 Å². The average molecular weight is 792 g/mol. The van der Waals surface area contributed by atoms with Crippen molar-refractivity contribution in [3.05, 3.63) is 12.2 Å². The molecule has 0 aliphatic rings. The van der Waals surface area contributed by atoms with Gasteiger partial charge in [0.15, 0.2) is 0 Å². The smallest absolute Gasteiger partial charge is 0.306 e. The summed E-state index contributed by atoms with van der Waals surface area (Å²) < 4.78 is 5.89. The second-order valence-electron chi connectivity index (χ2n) is 17.2. The zero-order valence-electron chi connectivity index (χ0n) is 37.8. The number of hydrogen-bond acceptors (Lipinski definition) is 5. The summed E-state index contributed by atoms with van der Waals surface area (Å²) in [7, 11) is 0. The van der Waals surface area contributed by atoms with Gasteiger partial charge in [-0.05, 0) is 51.4 Å². The predicted octanol–water partition coefficient (Wildman–Crippen LogP) is 14.6. The van der Waals surface area contributed by atoms with Crippen molar-refractivity contribution >= 4 is 11.9 Å². The highest BCUT2D eigenvalue weighted by Gasteiger charge is 2.24. The molecule has 0 saturated carbocycles. The predicted molar refractivity (Wildman–Crippen MR) is 241 cm³/mol. The van der Waals surface area contributed by atoms with E-state index in [1.807, 2.05) is 0 Å². The van der Waals surface area contributed by atoms with Gasteiger partial charge in [0.2, 0.25) is 5.91 Å². The molecule has 0 saturated heterocycles. The summed E-state index contributed by atoms with van der Waals surface area (Å²) in [5, 5.41) is 23.7. The molecular formula is C50H97NO5. The minimum atomic E-state index is -0.783. The summed E-state index contributed by atoms with van der Waals surface area (Å²) in [4.78, 5) is 26.0. The lowest BCUT2D eigenvalue weighted by Crippen LogP contribution is -2.46. The molecule has 6 nitrogen and oxygen atoms in total. The molecule has 3 N–H and O–H groups in total. The first-order valence-corrected chi connectivity index (χ1v) is 24.9. The third kappa shape index (κ3) is 39.4. The fourth-order valence-electron chi connectivity index (χ4n) is 7.78. The molecule has 3 atom stereocenters. The minimum Gasteiger partial charge on any atom is -0.462 e. The second-order valence-corrected chi connectivity index (χ2v) is 17.2. The molecular weight excluding hydrogens is 695 g/mol. The quantitative estimate of drug-likeness (QED) is 0.0324. The Labute approximate surface area is 349 Å². The highest BCUT2D eigenvalue weighted by molar-refractivity contribution is 5.77. The second kappa shape index (κ2) is 44.7. The molecule has 0 bridgehead atoms. The Morgan fingerprint density at radius 3 is 1.27 bits per heavy atom. The van der Waals surface area contributed by atoms with Crippen LogP contribution in [-0.2, 0) is 14.3 Å². The van der Waals surface area contributed by atoms with Gasteiger partial charge in [0, 0.05) is 6.42 Å². The van der Waals surface area contributed by atoms with Crippen molar-refractivity contribution < 1.29 is 24.5 Å². The number of hydrogen-bond donors (Lipinski definition) is 3. The maximum absolute atomic E-state index is 13.1. The van der Waals surface area contributed by atoms with Crippen LogP contribution in [0.4, 0.5) is 0 Å². The van der Waals surface area contributed by atoms with Crippen molar-refractivity contribution in [1.82, 2.24) is 5.32 Å². The topological polar surface area (TPSA) is 95.9 Å². The van der Waals surface area contributed by atoms with Crippen LogP contribution in [0.5, 0.6) is 0 Å². The van der Waals surface area contributed by atoms with E-state index in [9.17, 15) is 19.8 Å². The van der Waals surface area contributed by atoms with Crippen molar-refractivity contribution in [3.8, 4) is 0 Å². The summed E-state index contributed by atoms with van der Waals surface area (Å²) in [6.07, 6.45) is 48.5. The van der Waals surface area contributed by atoms with E-state index in [0.29, 0.717) is 19.3 Å². The number of rotatable bonds is 45. The number of carbonyl (C=O) groups is 2. The molecule has 332 valence electrons. The largest absolute Gasteiger partial charge is 0.462 e. The number of nitrogens with one attached hydrogen (secondary N) is 1. The van der Waals surface area contributed by atoms with Crippen LogP contribution >= 0.6 is 0 Å².